The molecular weight excluding hydrogens is 356 g/mol. The van der Waals surface area contributed by atoms with Crippen molar-refractivity contribution in [2.75, 3.05) is 26.4 Å². The predicted octanol–water partition coefficient (Wildman–Crippen LogP) is 2.67. The maximum Gasteiger partial charge on any atom is 0.212 e. The number of nitrogens with two attached hydrogens (primary N) is 1. The summed E-state index contributed by atoms with van der Waals surface area (Å²) in [6.07, 6.45) is 1.49. The number of halogens is 2. The molecule has 0 radical (unpaired) electrons. The van der Waals surface area contributed by atoms with Crippen LogP contribution in [0.5, 0.6) is 0 Å². The van der Waals surface area contributed by atoms with Gasteiger partial charge in [-0.05, 0) is 32.3 Å². The van der Waals surface area contributed by atoms with E-state index >= 15 is 0 Å². The molecule has 1 heterocycles. The normalized spacial score (nSPS) is 11.1. The molecule has 0 aliphatic carbocycles. The number of nitrogen functional groups attached to an aromatic ring is 1. The molecule has 0 spiro atoms. The van der Waals surface area contributed by atoms with Gasteiger partial charge in [0.1, 0.15) is 5.69 Å². The number of ketones is 1. The highest BCUT2D eigenvalue weighted by molar-refractivity contribution is 9.10. The first-order valence-electron chi connectivity index (χ1n) is 6.35. The number of carbonyl (C=O) groups is 1. The number of likely N-dealkylation sites (N-methyl/N-ethyl adjacent to an activating group) is 1. The van der Waals surface area contributed by atoms with E-state index in [2.05, 4.69) is 21.0 Å². The third kappa shape index (κ3) is 3.84. The highest BCUT2D eigenvalue weighted by Crippen LogP contribution is 2.23. The van der Waals surface area contributed by atoms with Gasteiger partial charge in [-0.3, -0.25) is 9.48 Å². The van der Waals surface area contributed by atoms with Crippen molar-refractivity contribution in [3.63, 3.8) is 0 Å². The van der Waals surface area contributed by atoms with E-state index in [9.17, 15) is 4.79 Å². The maximum absolute atomic E-state index is 12.7. The number of anilines is 1. The minimum absolute atomic E-state index is 0.191. The Bertz CT molecular complexity index is 649. The fourth-order valence-electron chi connectivity index (χ4n) is 1.93. The van der Waals surface area contributed by atoms with Crippen molar-refractivity contribution in [2.24, 2.45) is 0 Å². The summed E-state index contributed by atoms with van der Waals surface area (Å²) in [5, 5.41) is 4.52. The number of nitrogens with zero attached hydrogens (tertiary/aromatic N) is 3. The van der Waals surface area contributed by atoms with Crippen molar-refractivity contribution in [1.29, 1.82) is 0 Å². The monoisotopic (exact) mass is 370 g/mol. The summed E-state index contributed by atoms with van der Waals surface area (Å²) >= 11 is 9.46. The molecule has 21 heavy (non-hydrogen) atoms. The number of benzene rings is 1. The molecule has 0 atom stereocenters. The Balaban J connectivity index is 2.36. The van der Waals surface area contributed by atoms with Gasteiger partial charge in [0.15, 0.2) is 0 Å². The molecule has 5 nitrogen and oxygen atoms in total. The summed E-state index contributed by atoms with van der Waals surface area (Å²) in [5.41, 5.74) is 7.16. The average molecular weight is 372 g/mol. The van der Waals surface area contributed by atoms with Crippen LogP contribution in [-0.4, -0.2) is 41.1 Å². The quantitative estimate of drug-likeness (QED) is 0.648. The van der Waals surface area contributed by atoms with Crippen LogP contribution in [0.4, 0.5) is 5.69 Å². The van der Waals surface area contributed by atoms with Crippen LogP contribution in [0, 0.1) is 0 Å². The van der Waals surface area contributed by atoms with E-state index in [1.54, 1.807) is 22.9 Å². The maximum atomic E-state index is 12.7. The van der Waals surface area contributed by atoms with Crippen LogP contribution < -0.4 is 5.73 Å². The predicted molar refractivity (Wildman–Crippen MR) is 87.8 cm³/mol. The molecule has 112 valence electrons. The number of aromatic nitrogens is 2. The van der Waals surface area contributed by atoms with Gasteiger partial charge in [0, 0.05) is 22.3 Å². The highest BCUT2D eigenvalue weighted by Gasteiger charge is 2.20. The molecule has 0 unspecified atom stereocenters. The van der Waals surface area contributed by atoms with Gasteiger partial charge in [0.2, 0.25) is 5.78 Å². The molecule has 0 fully saturated rings. The van der Waals surface area contributed by atoms with Crippen molar-refractivity contribution < 1.29 is 4.79 Å². The smallest absolute Gasteiger partial charge is 0.212 e. The largest absolute Gasteiger partial charge is 0.399 e. The van der Waals surface area contributed by atoms with Gasteiger partial charge in [-0.25, -0.2) is 0 Å². The summed E-state index contributed by atoms with van der Waals surface area (Å²) in [6, 6.07) is 5.09. The lowest BCUT2D eigenvalue weighted by atomic mass is 10.1. The minimum atomic E-state index is -0.191. The van der Waals surface area contributed by atoms with Crippen molar-refractivity contribution in [2.45, 2.75) is 6.54 Å². The van der Waals surface area contributed by atoms with E-state index < -0.39 is 0 Å². The second kappa shape index (κ2) is 6.60. The summed E-state index contributed by atoms with van der Waals surface area (Å²) in [6.45, 7) is 1.35. The molecule has 2 aromatic rings. The first-order chi connectivity index (χ1) is 9.88. The Morgan fingerprint density at radius 3 is 2.76 bits per heavy atom. The van der Waals surface area contributed by atoms with Crippen molar-refractivity contribution in [3.8, 4) is 0 Å². The average Bonchev–Trinajstić information content (AvgIpc) is 2.75. The van der Waals surface area contributed by atoms with Crippen molar-refractivity contribution in [3.05, 3.63) is 45.1 Å². The molecular formula is C14H16BrClN4O. The third-order valence-electron chi connectivity index (χ3n) is 2.95. The van der Waals surface area contributed by atoms with Crippen LogP contribution in [0.1, 0.15) is 16.1 Å². The molecule has 0 bridgehead atoms. The van der Waals surface area contributed by atoms with Crippen LogP contribution in [0.2, 0.25) is 5.02 Å². The molecule has 0 saturated carbocycles. The Kier molecular flexibility index (Phi) is 5.03. The van der Waals surface area contributed by atoms with Gasteiger partial charge < -0.3 is 10.6 Å². The number of hydrogen-bond donors (Lipinski definition) is 1. The zero-order valence-corrected chi connectivity index (χ0v) is 14.1. The molecule has 0 aliphatic rings. The lowest BCUT2D eigenvalue weighted by molar-refractivity contribution is 0.102. The van der Waals surface area contributed by atoms with Gasteiger partial charge in [-0.15, -0.1) is 0 Å². The SMILES string of the molecule is CN(C)CCn1ncc(Cl)c1C(=O)c1cc(N)cc(Br)c1. The Morgan fingerprint density at radius 2 is 2.14 bits per heavy atom. The Hall–Kier alpha value is -1.37. The van der Waals surface area contributed by atoms with E-state index in [1.807, 2.05) is 19.0 Å². The molecule has 2 rings (SSSR count). The standard InChI is InChI=1S/C14H16BrClN4O/c1-19(2)3-4-20-13(12(16)8-18-20)14(21)9-5-10(15)7-11(17)6-9/h5-8H,3-4,17H2,1-2H3. The fourth-order valence-corrected chi connectivity index (χ4v) is 2.67. The topological polar surface area (TPSA) is 64.2 Å². The third-order valence-corrected chi connectivity index (χ3v) is 3.69. The molecule has 0 aliphatic heterocycles. The first kappa shape index (κ1) is 16.0. The van der Waals surface area contributed by atoms with Crippen molar-refractivity contribution >= 4 is 39.0 Å². The molecule has 7 heteroatoms. The summed E-state index contributed by atoms with van der Waals surface area (Å²) < 4.78 is 2.38. The minimum Gasteiger partial charge on any atom is -0.399 e. The van der Waals surface area contributed by atoms with E-state index in [1.165, 1.54) is 6.20 Å². The zero-order valence-electron chi connectivity index (χ0n) is 11.8. The van der Waals surface area contributed by atoms with E-state index in [0.29, 0.717) is 28.5 Å². The zero-order chi connectivity index (χ0) is 15.6. The second-order valence-electron chi connectivity index (χ2n) is 4.97. The van der Waals surface area contributed by atoms with Gasteiger partial charge in [0.05, 0.1) is 17.8 Å². The molecule has 0 saturated heterocycles. The van der Waals surface area contributed by atoms with E-state index in [4.69, 9.17) is 17.3 Å². The lowest BCUT2D eigenvalue weighted by Gasteiger charge is -2.12. The Morgan fingerprint density at radius 1 is 1.43 bits per heavy atom. The van der Waals surface area contributed by atoms with Crippen LogP contribution >= 0.6 is 27.5 Å². The van der Waals surface area contributed by atoms with Gasteiger partial charge >= 0.3 is 0 Å². The number of rotatable bonds is 5. The van der Waals surface area contributed by atoms with Gasteiger partial charge in [-0.1, -0.05) is 27.5 Å². The van der Waals surface area contributed by atoms with Crippen LogP contribution in [0.3, 0.4) is 0 Å². The lowest BCUT2D eigenvalue weighted by Crippen LogP contribution is -2.21. The van der Waals surface area contributed by atoms with Gasteiger partial charge in [-0.2, -0.15) is 5.10 Å². The summed E-state index contributed by atoms with van der Waals surface area (Å²) in [7, 11) is 3.92. The fraction of sp³-hybridized carbons (Fsp3) is 0.286. The van der Waals surface area contributed by atoms with Gasteiger partial charge in [0.25, 0.3) is 0 Å². The first-order valence-corrected chi connectivity index (χ1v) is 7.52. The number of carbonyl (C=O) groups excluding carboxylic acids is 1. The Labute approximate surface area is 136 Å². The van der Waals surface area contributed by atoms with Crippen LogP contribution in [0.25, 0.3) is 0 Å². The van der Waals surface area contributed by atoms with Crippen molar-refractivity contribution in [1.82, 2.24) is 14.7 Å². The second-order valence-corrected chi connectivity index (χ2v) is 6.29. The molecule has 1 aromatic heterocycles. The molecule has 1 aromatic carbocycles. The number of hydrogen-bond acceptors (Lipinski definition) is 4. The summed E-state index contributed by atoms with van der Waals surface area (Å²) in [5.74, 6) is -0.191. The highest BCUT2D eigenvalue weighted by atomic mass is 79.9. The van der Waals surface area contributed by atoms with E-state index in [0.717, 1.165) is 11.0 Å². The van der Waals surface area contributed by atoms with Crippen LogP contribution in [0.15, 0.2) is 28.9 Å². The van der Waals surface area contributed by atoms with Crippen LogP contribution in [-0.2, 0) is 6.54 Å². The molecule has 2 N–H and O–H groups in total. The molecule has 0 amide bonds. The summed E-state index contributed by atoms with van der Waals surface area (Å²) in [4.78, 5) is 14.7. The van der Waals surface area contributed by atoms with E-state index in [-0.39, 0.29) is 5.78 Å².